The van der Waals surface area contributed by atoms with Crippen LogP contribution in [0, 0.1) is 5.92 Å². The monoisotopic (exact) mass is 370 g/mol. The Morgan fingerprint density at radius 2 is 2.00 bits per heavy atom. The van der Waals surface area contributed by atoms with Gasteiger partial charge in [-0.1, -0.05) is 26.2 Å². The Morgan fingerprint density at radius 3 is 2.74 bits per heavy atom. The van der Waals surface area contributed by atoms with Crippen molar-refractivity contribution in [3.63, 3.8) is 0 Å². The number of amides is 1. The largest absolute Gasteiger partial charge is 0.356 e. The van der Waals surface area contributed by atoms with E-state index in [1.54, 1.807) is 6.33 Å². The quantitative estimate of drug-likeness (QED) is 0.846. The molecule has 0 unspecified atom stereocenters. The summed E-state index contributed by atoms with van der Waals surface area (Å²) < 4.78 is 1.83. The number of hydrogen-bond acceptors (Lipinski definition) is 5. The van der Waals surface area contributed by atoms with Crippen LogP contribution < -0.4 is 10.2 Å². The van der Waals surface area contributed by atoms with Crippen molar-refractivity contribution in [2.75, 3.05) is 18.0 Å². The van der Waals surface area contributed by atoms with Gasteiger partial charge in [-0.15, -0.1) is 0 Å². The molecule has 0 bridgehead atoms. The van der Waals surface area contributed by atoms with Gasteiger partial charge in [-0.05, 0) is 38.0 Å². The molecule has 0 atom stereocenters. The molecule has 2 aromatic rings. The van der Waals surface area contributed by atoms with Crippen molar-refractivity contribution in [1.82, 2.24) is 24.9 Å². The second kappa shape index (κ2) is 8.23. The normalized spacial score (nSPS) is 19.1. The lowest BCUT2D eigenvalue weighted by atomic mass is 10.0. The van der Waals surface area contributed by atoms with E-state index in [0.29, 0.717) is 24.2 Å². The van der Waals surface area contributed by atoms with Gasteiger partial charge in [0, 0.05) is 37.3 Å². The summed E-state index contributed by atoms with van der Waals surface area (Å²) in [6.07, 6.45) is 11.3. The minimum Gasteiger partial charge on any atom is -0.356 e. The van der Waals surface area contributed by atoms with Crippen LogP contribution in [-0.4, -0.2) is 44.6 Å². The topological polar surface area (TPSA) is 75.4 Å². The highest BCUT2D eigenvalue weighted by molar-refractivity contribution is 5.76. The molecule has 1 saturated carbocycles. The summed E-state index contributed by atoms with van der Waals surface area (Å²) in [6.45, 7) is 3.99. The maximum absolute atomic E-state index is 12.3. The van der Waals surface area contributed by atoms with Crippen LogP contribution >= 0.6 is 0 Å². The Labute approximate surface area is 160 Å². The first-order valence-corrected chi connectivity index (χ1v) is 10.5. The van der Waals surface area contributed by atoms with Gasteiger partial charge in [0.05, 0.1) is 0 Å². The lowest BCUT2D eigenvalue weighted by molar-refractivity contribution is -0.122. The second-order valence-electron chi connectivity index (χ2n) is 8.01. The van der Waals surface area contributed by atoms with Gasteiger partial charge in [0.2, 0.25) is 5.91 Å². The highest BCUT2D eigenvalue weighted by Crippen LogP contribution is 2.27. The minimum atomic E-state index is 0.244. The molecule has 7 nitrogen and oxygen atoms in total. The van der Waals surface area contributed by atoms with Crippen molar-refractivity contribution in [3.8, 4) is 0 Å². The third-order valence-electron chi connectivity index (χ3n) is 5.93. The fourth-order valence-electron chi connectivity index (χ4n) is 4.47. The predicted molar refractivity (Wildman–Crippen MR) is 105 cm³/mol. The number of carbonyl (C=O) groups is 1. The Bertz CT molecular complexity index is 774. The molecular formula is C20H30N6O. The first-order valence-electron chi connectivity index (χ1n) is 10.5. The van der Waals surface area contributed by atoms with E-state index >= 15 is 0 Å². The summed E-state index contributed by atoms with van der Waals surface area (Å²) in [5, 5.41) is 7.62. The summed E-state index contributed by atoms with van der Waals surface area (Å²) in [6, 6.07) is 2.43. The highest BCUT2D eigenvalue weighted by atomic mass is 16.1. The van der Waals surface area contributed by atoms with Gasteiger partial charge in [0.1, 0.15) is 12.1 Å². The molecule has 0 spiro atoms. The number of nitrogens with zero attached hydrogens (tertiary/aromatic N) is 5. The van der Waals surface area contributed by atoms with E-state index in [2.05, 4.69) is 38.3 Å². The molecule has 2 aromatic heterocycles. The van der Waals surface area contributed by atoms with E-state index in [9.17, 15) is 4.79 Å². The van der Waals surface area contributed by atoms with Crippen LogP contribution in [0.3, 0.4) is 0 Å². The third-order valence-corrected chi connectivity index (χ3v) is 5.93. The van der Waals surface area contributed by atoms with Crippen LogP contribution in [0.15, 0.2) is 12.4 Å². The van der Waals surface area contributed by atoms with E-state index in [4.69, 9.17) is 0 Å². The molecule has 0 radical (unpaired) electrons. The molecular weight excluding hydrogens is 340 g/mol. The second-order valence-corrected chi connectivity index (χ2v) is 8.01. The summed E-state index contributed by atoms with van der Waals surface area (Å²) >= 11 is 0. The SMILES string of the molecule is CCCc1cc(N2CCC(NC(=O)CC3CCCC3)CC2)n2ncnc2n1. The summed E-state index contributed by atoms with van der Waals surface area (Å²) in [4.78, 5) is 23.5. The molecule has 2 aliphatic rings. The Kier molecular flexibility index (Phi) is 5.55. The lowest BCUT2D eigenvalue weighted by Gasteiger charge is -2.34. The summed E-state index contributed by atoms with van der Waals surface area (Å²) in [5.74, 6) is 2.59. The fourth-order valence-corrected chi connectivity index (χ4v) is 4.47. The van der Waals surface area contributed by atoms with E-state index in [1.807, 2.05) is 4.52 Å². The van der Waals surface area contributed by atoms with Crippen molar-refractivity contribution in [3.05, 3.63) is 18.1 Å². The number of anilines is 1. The molecule has 1 saturated heterocycles. The average molecular weight is 371 g/mol. The van der Waals surface area contributed by atoms with E-state index in [-0.39, 0.29) is 5.91 Å². The van der Waals surface area contributed by atoms with E-state index < -0.39 is 0 Å². The van der Waals surface area contributed by atoms with Crippen LogP contribution in [0.4, 0.5) is 5.82 Å². The lowest BCUT2D eigenvalue weighted by Crippen LogP contribution is -2.45. The first kappa shape index (κ1) is 18.2. The molecule has 146 valence electrons. The van der Waals surface area contributed by atoms with Crippen LogP contribution in [-0.2, 0) is 11.2 Å². The fraction of sp³-hybridized carbons (Fsp3) is 0.700. The number of aromatic nitrogens is 4. The number of rotatable bonds is 6. The maximum Gasteiger partial charge on any atom is 0.254 e. The number of aryl methyl sites for hydroxylation is 1. The first-order chi connectivity index (χ1) is 13.2. The highest BCUT2D eigenvalue weighted by Gasteiger charge is 2.25. The predicted octanol–water partition coefficient (Wildman–Crippen LogP) is 2.74. The Hall–Kier alpha value is -2.18. The molecule has 4 rings (SSSR count). The molecule has 1 aliphatic carbocycles. The molecule has 1 N–H and O–H groups in total. The summed E-state index contributed by atoms with van der Waals surface area (Å²) in [7, 11) is 0. The van der Waals surface area contributed by atoms with Crippen molar-refractivity contribution in [1.29, 1.82) is 0 Å². The number of hydrogen-bond donors (Lipinski definition) is 1. The van der Waals surface area contributed by atoms with Gasteiger partial charge in [-0.2, -0.15) is 14.6 Å². The van der Waals surface area contributed by atoms with Crippen molar-refractivity contribution in [2.45, 2.75) is 70.8 Å². The van der Waals surface area contributed by atoms with Crippen LogP contribution in [0.5, 0.6) is 0 Å². The van der Waals surface area contributed by atoms with Gasteiger partial charge in [-0.3, -0.25) is 4.79 Å². The number of piperidine rings is 1. The Morgan fingerprint density at radius 1 is 1.22 bits per heavy atom. The number of fused-ring (bicyclic) bond motifs is 1. The Balaban J connectivity index is 1.37. The smallest absolute Gasteiger partial charge is 0.254 e. The van der Waals surface area contributed by atoms with E-state index in [1.165, 1.54) is 25.7 Å². The van der Waals surface area contributed by atoms with Crippen molar-refractivity contribution in [2.24, 2.45) is 5.92 Å². The van der Waals surface area contributed by atoms with Gasteiger partial charge < -0.3 is 10.2 Å². The molecule has 1 aliphatic heterocycles. The molecule has 7 heteroatoms. The van der Waals surface area contributed by atoms with Crippen molar-refractivity contribution >= 4 is 17.5 Å². The molecule has 3 heterocycles. The van der Waals surface area contributed by atoms with Crippen LogP contribution in [0.2, 0.25) is 0 Å². The van der Waals surface area contributed by atoms with Crippen LogP contribution in [0.25, 0.3) is 5.78 Å². The van der Waals surface area contributed by atoms with E-state index in [0.717, 1.165) is 50.3 Å². The van der Waals surface area contributed by atoms with Gasteiger partial charge in [0.15, 0.2) is 0 Å². The number of nitrogens with one attached hydrogen (secondary N) is 1. The zero-order valence-electron chi connectivity index (χ0n) is 16.2. The zero-order chi connectivity index (χ0) is 18.6. The minimum absolute atomic E-state index is 0.244. The molecule has 2 fully saturated rings. The molecule has 0 aromatic carbocycles. The standard InChI is InChI=1S/C20H30N6O/c1-2-5-17-13-19(26-20(24-17)21-14-22-26)25-10-8-16(9-11-25)23-18(27)12-15-6-3-4-7-15/h13-16H,2-12H2,1H3,(H,23,27). The maximum atomic E-state index is 12.3. The summed E-state index contributed by atoms with van der Waals surface area (Å²) in [5.41, 5.74) is 1.07. The van der Waals surface area contributed by atoms with Gasteiger partial charge >= 0.3 is 0 Å². The third kappa shape index (κ3) is 4.22. The van der Waals surface area contributed by atoms with Gasteiger partial charge in [0.25, 0.3) is 5.78 Å². The zero-order valence-corrected chi connectivity index (χ0v) is 16.2. The van der Waals surface area contributed by atoms with Gasteiger partial charge in [-0.25, -0.2) is 4.98 Å². The van der Waals surface area contributed by atoms with Crippen molar-refractivity contribution < 1.29 is 4.79 Å². The average Bonchev–Trinajstić information content (AvgIpc) is 3.33. The molecule has 1 amide bonds. The van der Waals surface area contributed by atoms with Crippen LogP contribution in [0.1, 0.15) is 64.0 Å². The molecule has 27 heavy (non-hydrogen) atoms. The number of carbonyl (C=O) groups excluding carboxylic acids is 1.